The van der Waals surface area contributed by atoms with E-state index in [-0.39, 0.29) is 18.9 Å². The van der Waals surface area contributed by atoms with E-state index in [4.69, 9.17) is 71.1 Å². The maximum absolute atomic E-state index is 6.35. The normalized spacial score (nSPS) is 14.5. The molecule has 0 spiro atoms. The Morgan fingerprint density at radius 3 is 0.422 bits per heavy atom. The summed E-state index contributed by atoms with van der Waals surface area (Å²) in [6.45, 7) is 42.9. The SMILES string of the molecule is C=CCOc1cc(COC2CCCCO2)cc(CSCc2cc(CSCc3cc(CSCc4cc(CSCc5cc(CSCc6cc(CSCc7cc(COC8CCCCO8)cc(OCC=C)c7)cc(OCC=C)c6)cc(OCC=C)c5)cc(CSCc5cc(CSCc6cc(CSCc7cc(COC8CCCCO8)cc(OCC=C)c7)cc(OCC=C)c6)cc(OCC=C)c5)c4)cc(OCC=C)c3)cc(OCC=C)c2)c1. The second-order valence-electron chi connectivity index (χ2n) is 36.2. The van der Waals surface area contributed by atoms with E-state index in [0.29, 0.717) is 79.3 Å². The molecule has 3 saturated heterocycles. The van der Waals surface area contributed by atoms with Gasteiger partial charge in [-0.25, -0.2) is 0 Å². The highest BCUT2D eigenvalue weighted by atomic mass is 32.2. The molecule has 3 unspecified atom stereocenters. The van der Waals surface area contributed by atoms with Crippen molar-refractivity contribution in [1.29, 1.82) is 0 Å². The zero-order valence-electron chi connectivity index (χ0n) is 85.1. The molecule has 13 rings (SSSR count). The molecule has 0 aromatic heterocycles. The lowest BCUT2D eigenvalue weighted by Crippen LogP contribution is -2.22. The van der Waals surface area contributed by atoms with Crippen LogP contribution in [0.15, 0.2) is 296 Å². The molecule has 0 bridgehead atoms. The third-order valence-electron chi connectivity index (χ3n) is 23.2. The van der Waals surface area contributed by atoms with Crippen molar-refractivity contribution in [2.24, 2.45) is 0 Å². The molecule has 3 heterocycles. The van der Waals surface area contributed by atoms with Crippen LogP contribution in [0.1, 0.15) is 175 Å². The predicted octanol–water partition coefficient (Wildman–Crippen LogP) is 31.8. The van der Waals surface area contributed by atoms with Crippen LogP contribution >= 0.6 is 106 Å². The third kappa shape index (κ3) is 43.3. The fourth-order valence-corrected chi connectivity index (χ4v) is 25.1. The van der Waals surface area contributed by atoms with Crippen LogP contribution in [0.4, 0.5) is 0 Å². The molecule has 3 aliphatic heterocycles. The molecule has 10 aromatic rings. The first-order valence-electron chi connectivity index (χ1n) is 50.6. The van der Waals surface area contributed by atoms with Gasteiger partial charge in [0.25, 0.3) is 0 Å². The van der Waals surface area contributed by atoms with Crippen molar-refractivity contribution >= 4 is 106 Å². The number of thioether (sulfide) groups is 9. The van der Waals surface area contributed by atoms with Crippen LogP contribution in [0, 0.1) is 0 Å². The Balaban J connectivity index is 0.680. The van der Waals surface area contributed by atoms with Crippen molar-refractivity contribution in [2.75, 3.05) is 79.3 Å². The molecule has 147 heavy (non-hydrogen) atoms. The highest BCUT2D eigenvalue weighted by molar-refractivity contribution is 7.99. The molecule has 0 amide bonds. The van der Waals surface area contributed by atoms with E-state index in [1.807, 2.05) is 124 Å². The summed E-state index contributed by atoms with van der Waals surface area (Å²) in [5.74, 6) is 21.9. The number of hydrogen-bond acceptors (Lipinski definition) is 24. The van der Waals surface area contributed by atoms with E-state index in [9.17, 15) is 0 Å². The van der Waals surface area contributed by atoms with Gasteiger partial charge in [-0.1, -0.05) is 187 Å². The molecule has 0 N–H and O–H groups in total. The van der Waals surface area contributed by atoms with Gasteiger partial charge in [-0.15, -0.1) is 0 Å². The minimum absolute atomic E-state index is 0.173. The Bertz CT molecular complexity index is 5240. The van der Waals surface area contributed by atoms with Crippen LogP contribution < -0.4 is 42.6 Å². The van der Waals surface area contributed by atoms with Crippen LogP contribution in [0.2, 0.25) is 0 Å². The van der Waals surface area contributed by atoms with Crippen LogP contribution in [-0.4, -0.2) is 98.2 Å². The molecule has 0 saturated carbocycles. The highest BCUT2D eigenvalue weighted by Gasteiger charge is 2.22. The summed E-state index contributed by atoms with van der Waals surface area (Å²) in [6.07, 6.45) is 24.9. The Kier molecular flexibility index (Phi) is 52.2. The summed E-state index contributed by atoms with van der Waals surface area (Å²) in [4.78, 5) is 0. The lowest BCUT2D eigenvalue weighted by Gasteiger charge is -2.23. The average molecular weight is 2150 g/mol. The number of hydrogen-bond donors (Lipinski definition) is 0. The number of rotatable bonds is 72. The molecule has 3 fully saturated rings. The van der Waals surface area contributed by atoms with Crippen molar-refractivity contribution < 1.29 is 71.1 Å². The Hall–Kier alpha value is -9.03. The summed E-state index contributed by atoms with van der Waals surface area (Å²) in [6, 6.07) is 66.7. The minimum atomic E-state index is -0.173. The lowest BCUT2D eigenvalue weighted by atomic mass is 10.1. The summed E-state index contributed by atoms with van der Waals surface area (Å²) in [5, 5.41) is 0. The summed E-state index contributed by atoms with van der Waals surface area (Å²) >= 11 is 17.1. The van der Waals surface area contributed by atoms with Gasteiger partial charge in [0.15, 0.2) is 18.9 Å². The molecule has 0 aliphatic carbocycles. The largest absolute Gasteiger partial charge is 0.490 e. The van der Waals surface area contributed by atoms with E-state index in [1.54, 1.807) is 36.5 Å². The van der Waals surface area contributed by atoms with Crippen molar-refractivity contribution in [3.8, 4) is 51.7 Å². The van der Waals surface area contributed by atoms with Gasteiger partial charge in [0.2, 0.25) is 0 Å². The van der Waals surface area contributed by atoms with Crippen molar-refractivity contribution in [2.45, 2.75) is 200 Å². The lowest BCUT2D eigenvalue weighted by molar-refractivity contribution is -0.169. The van der Waals surface area contributed by atoms with Crippen LogP contribution in [0.3, 0.4) is 0 Å². The highest BCUT2D eigenvalue weighted by Crippen LogP contribution is 2.39. The third-order valence-corrected chi connectivity index (χ3v) is 32.9. The van der Waals surface area contributed by atoms with Gasteiger partial charge in [-0.05, 0) is 284 Å². The molecule has 780 valence electrons. The van der Waals surface area contributed by atoms with Crippen LogP contribution in [0.5, 0.6) is 51.7 Å². The zero-order chi connectivity index (χ0) is 102. The van der Waals surface area contributed by atoms with Crippen LogP contribution in [-0.2, 0) is 152 Å². The number of ether oxygens (including phenoxy) is 15. The first-order chi connectivity index (χ1) is 72.3. The quantitative estimate of drug-likeness (QED) is 0.0334. The summed E-state index contributed by atoms with van der Waals surface area (Å²) < 4.78 is 92.3. The maximum Gasteiger partial charge on any atom is 0.158 e. The molecule has 3 atom stereocenters. The fourth-order valence-electron chi connectivity index (χ4n) is 17.0. The fraction of sp³-hybridized carbons (Fsp3) is 0.366. The van der Waals surface area contributed by atoms with Gasteiger partial charge in [-0.2, -0.15) is 106 Å². The zero-order valence-corrected chi connectivity index (χ0v) is 92.5. The Morgan fingerprint density at radius 2 is 0.299 bits per heavy atom. The molecule has 0 radical (unpaired) electrons. The van der Waals surface area contributed by atoms with Crippen molar-refractivity contribution in [3.63, 3.8) is 0 Å². The van der Waals surface area contributed by atoms with Crippen LogP contribution in [0.25, 0.3) is 0 Å². The molecule has 15 nitrogen and oxygen atoms in total. The predicted molar refractivity (Wildman–Crippen MR) is 626 cm³/mol. The molecule has 10 aromatic carbocycles. The summed E-state index contributed by atoms with van der Waals surface area (Å²) in [5.41, 5.74) is 25.1. The van der Waals surface area contributed by atoms with E-state index in [0.717, 1.165) is 250 Å². The maximum atomic E-state index is 6.35. The van der Waals surface area contributed by atoms with Gasteiger partial charge in [0, 0.05) is 123 Å². The van der Waals surface area contributed by atoms with Gasteiger partial charge in [-0.3, -0.25) is 0 Å². The van der Waals surface area contributed by atoms with Gasteiger partial charge in [0.05, 0.1) is 19.8 Å². The summed E-state index contributed by atoms with van der Waals surface area (Å²) in [7, 11) is 0. The second-order valence-corrected chi connectivity index (χ2v) is 45.0. The standard InChI is InChI=1S/C123H144O15S9/c1-10-28-124-112-52-91(70-136-121-25-19-22-37-133-121)40-97(55-112)76-142-82-103-49-109(67-118(61-103)130-34-16-7)88-145-85-106-46-100(58-115(64-106)127-31-13-4)79-139-73-94-43-95(74-140-80-101-47-107(65-116(59-101)128-32-14-5)86-146-89-110-50-104(62-119(68-110)131-35-17-8)83-143-77-98-41-92(53-113(56-98)125-29-11-2)71-137-122-26-20-23-38-134-122)45-96(44-94)75-141-81-102-48-108(66-117(60-102)129-33-15-6)87-147-90-111-51-105(63-120(69-111)132-36-18-9)84-144-78-99-42-93(54-114(57-99)126-30-12-3)72-138-123-27-21-24-39-135-123/h10-18,40-69,121-123H,1-9,19-39,70-90H2. The first kappa shape index (κ1) is 115. The van der Waals surface area contributed by atoms with Gasteiger partial charge < -0.3 is 71.1 Å². The van der Waals surface area contributed by atoms with E-state index < -0.39 is 0 Å². The van der Waals surface area contributed by atoms with E-state index in [2.05, 4.69) is 241 Å². The first-order valence-corrected chi connectivity index (χ1v) is 61.0. The number of benzene rings is 10. The minimum Gasteiger partial charge on any atom is -0.490 e. The van der Waals surface area contributed by atoms with Crippen molar-refractivity contribution in [3.05, 3.63) is 413 Å². The monoisotopic (exact) mass is 2150 g/mol. The van der Waals surface area contributed by atoms with E-state index >= 15 is 0 Å². The Labute approximate surface area is 913 Å². The topological polar surface area (TPSA) is 138 Å². The molecular formula is C123H144O15S9. The smallest absolute Gasteiger partial charge is 0.158 e. The van der Waals surface area contributed by atoms with Gasteiger partial charge >= 0.3 is 0 Å². The Morgan fingerprint density at radius 1 is 0.177 bits per heavy atom. The van der Waals surface area contributed by atoms with Crippen molar-refractivity contribution in [1.82, 2.24) is 0 Å². The van der Waals surface area contributed by atoms with Gasteiger partial charge in [0.1, 0.15) is 111 Å². The molecule has 3 aliphatic rings. The second kappa shape index (κ2) is 66.6. The average Bonchev–Trinajstić information content (AvgIpc) is 0.842. The van der Waals surface area contributed by atoms with E-state index in [1.165, 1.54) is 100 Å². The molecular weight excluding hydrogens is 2010 g/mol. The molecule has 24 heteroatoms.